The molecule has 0 radical (unpaired) electrons. The smallest absolute Gasteiger partial charge is 0.305 e. The van der Waals surface area contributed by atoms with Crippen molar-refractivity contribution >= 4 is 68.6 Å². The number of carboxylic acids is 1. The minimum Gasteiger partial charge on any atom is -0.481 e. The number of hydrogen-bond donors (Lipinski definition) is 15. The summed E-state index contributed by atoms with van der Waals surface area (Å²) in [5.74, 6) is -9.45. The van der Waals surface area contributed by atoms with Crippen LogP contribution < -0.4 is 66.3 Å². The summed E-state index contributed by atoms with van der Waals surface area (Å²) in [5, 5.41) is 29.0. The Morgan fingerprint density at radius 1 is 0.773 bits per heavy atom. The Morgan fingerprint density at radius 2 is 1.39 bits per heavy atom. The molecule has 1 amide bonds. The number of nitrogens with two attached hydrogens (primary N) is 5. The van der Waals surface area contributed by atoms with Crippen LogP contribution in [0.25, 0.3) is 33.5 Å². The molecule has 402 valence electrons. The number of ketones is 6. The van der Waals surface area contributed by atoms with E-state index in [0.717, 1.165) is 0 Å². The van der Waals surface area contributed by atoms with Crippen LogP contribution in [0.3, 0.4) is 0 Å². The molecule has 0 aliphatic carbocycles. The fourth-order valence-corrected chi connectivity index (χ4v) is 8.61. The predicted octanol–water partition coefficient (Wildman–Crippen LogP) is -2.24. The van der Waals surface area contributed by atoms with E-state index < -0.39 is 114 Å². The zero-order valence-electron chi connectivity index (χ0n) is 41.5. The van der Waals surface area contributed by atoms with Gasteiger partial charge in [-0.1, -0.05) is 49.4 Å². The first-order valence-electron chi connectivity index (χ1n) is 24.5. The molecular weight excluding hydrogens is 973 g/mol. The molecule has 2 aromatic heterocycles. The number of amides is 1. The molecule has 8 atom stereocenters. The number of aliphatic carboxylic acids is 1. The highest BCUT2D eigenvalue weighted by atomic mass is 16.4. The van der Waals surface area contributed by atoms with Gasteiger partial charge in [-0.3, -0.25) is 49.0 Å². The lowest BCUT2D eigenvalue weighted by atomic mass is 9.89. The van der Waals surface area contributed by atoms with E-state index in [4.69, 9.17) is 38.1 Å². The van der Waals surface area contributed by atoms with Gasteiger partial charge in [0.15, 0.2) is 5.58 Å². The zero-order valence-corrected chi connectivity index (χ0v) is 41.5. The maximum Gasteiger partial charge on any atom is 0.305 e. The number of hydrazine groups is 2. The fraction of sp³-hybridized carbons (Fsp3) is 0.420. The number of carbonyl (C=O) groups is 8. The number of H-pyrrole nitrogens is 1. The van der Waals surface area contributed by atoms with Crippen molar-refractivity contribution < 1.29 is 53.0 Å². The third-order valence-corrected chi connectivity index (χ3v) is 12.8. The molecule has 0 fully saturated rings. The van der Waals surface area contributed by atoms with E-state index in [1.165, 1.54) is 6.92 Å². The van der Waals surface area contributed by atoms with Crippen molar-refractivity contribution in [3.8, 4) is 11.5 Å². The third kappa shape index (κ3) is 15.2. The van der Waals surface area contributed by atoms with E-state index in [1.807, 2.05) is 0 Å². The highest BCUT2D eigenvalue weighted by Gasteiger charge is 2.38. The van der Waals surface area contributed by atoms with Crippen molar-refractivity contribution in [2.75, 3.05) is 13.1 Å². The number of nitrogens with one attached hydrogen (secondary N) is 8. The Kier molecular flexibility index (Phi) is 20.3. The van der Waals surface area contributed by atoms with E-state index in [2.05, 4.69) is 42.6 Å². The lowest BCUT2D eigenvalue weighted by Gasteiger charge is -2.28. The number of nitrogens with zero attached hydrogens (tertiary/aromatic N) is 1. The fourth-order valence-electron chi connectivity index (χ4n) is 8.61. The average molecular weight is 1040 g/mol. The second kappa shape index (κ2) is 26.6. The van der Waals surface area contributed by atoms with Gasteiger partial charge in [0, 0.05) is 28.6 Å². The van der Waals surface area contributed by atoms with Crippen molar-refractivity contribution in [2.45, 2.75) is 120 Å². The number of carbonyl (C=O) groups excluding carboxylic acids is 7. The van der Waals surface area contributed by atoms with Crippen LogP contribution in [0, 0.1) is 0 Å². The van der Waals surface area contributed by atoms with Crippen LogP contribution in [0.4, 0.5) is 0 Å². The largest absolute Gasteiger partial charge is 0.481 e. The molecule has 2 aliphatic heterocycles. The molecule has 0 spiro atoms. The number of Topliss-reactive ketones (excluding diaryl/α,β-unsaturated/α-hetero) is 6. The van der Waals surface area contributed by atoms with Crippen LogP contribution in [0.2, 0.25) is 0 Å². The number of aromatic amines is 1. The molecule has 7 rings (SSSR count). The highest BCUT2D eigenvalue weighted by molar-refractivity contribution is 6.42. The van der Waals surface area contributed by atoms with Gasteiger partial charge >= 0.3 is 5.97 Å². The minimum absolute atomic E-state index is 0.0202. The van der Waals surface area contributed by atoms with Gasteiger partial charge in [0.05, 0.1) is 42.7 Å². The van der Waals surface area contributed by atoms with E-state index in [-0.39, 0.29) is 57.5 Å². The number of oxazole rings is 1. The van der Waals surface area contributed by atoms with Crippen LogP contribution >= 0.6 is 0 Å². The predicted molar refractivity (Wildman–Crippen MR) is 274 cm³/mol. The number of aliphatic hydroxyl groups is 1. The van der Waals surface area contributed by atoms with E-state index in [9.17, 15) is 48.6 Å². The Morgan fingerprint density at radius 3 is 2.01 bits per heavy atom. The van der Waals surface area contributed by atoms with Gasteiger partial charge in [-0.05, 0) is 99.5 Å². The number of aliphatic hydroxyl groups excluding tert-OH is 1. The zero-order chi connectivity index (χ0) is 54.5. The third-order valence-electron chi connectivity index (χ3n) is 12.8. The lowest BCUT2D eigenvalue weighted by Crippen LogP contribution is -2.62. The van der Waals surface area contributed by atoms with Gasteiger partial charge in [0.25, 0.3) is 0 Å². The second-order valence-corrected chi connectivity index (χ2v) is 18.6. The maximum atomic E-state index is 14.4. The van der Waals surface area contributed by atoms with Gasteiger partial charge in [0.1, 0.15) is 24.1 Å². The monoisotopic (exact) mass is 1040 g/mol. The normalized spacial score (nSPS) is 21.7. The molecule has 20 N–H and O–H groups in total. The van der Waals surface area contributed by atoms with Gasteiger partial charge < -0.3 is 53.6 Å². The van der Waals surface area contributed by atoms with E-state index in [1.54, 1.807) is 79.9 Å². The first kappa shape index (κ1) is 57.4. The van der Waals surface area contributed by atoms with E-state index >= 15 is 0 Å². The maximum absolute atomic E-state index is 14.4. The Hall–Kier alpha value is -6.85. The summed E-state index contributed by atoms with van der Waals surface area (Å²) in [6, 6.07) is 9.69. The van der Waals surface area contributed by atoms with Gasteiger partial charge in [-0.25, -0.2) is 26.7 Å². The number of benzene rings is 3. The van der Waals surface area contributed by atoms with Crippen molar-refractivity contribution in [2.24, 2.45) is 28.7 Å². The molecule has 2 aliphatic rings. The molecule has 0 saturated heterocycles. The summed E-state index contributed by atoms with van der Waals surface area (Å²) in [4.78, 5) is 119. The number of fused-ring (bicyclic) bond motifs is 18. The SMILES string of the molecule is CC1C(=O)C(=O)[C@H](Cc2ccccc2)NN[C@@H](CCCNC(N)N)C(=O)C(=O)[C@H]([C@@H](C)O)NC(=O)[C@H](CCCNC(N)N)NNC(C(=O)C(=O)[C@@H](N)CC(=O)O)Cc2c[nH]c3ccc4oc(nc4c23)-c2ccc1cc2. The Labute approximate surface area is 430 Å². The summed E-state index contributed by atoms with van der Waals surface area (Å²) >= 11 is 0. The van der Waals surface area contributed by atoms with Crippen LogP contribution in [0.1, 0.15) is 68.6 Å². The van der Waals surface area contributed by atoms with Crippen molar-refractivity contribution in [3.63, 3.8) is 0 Å². The first-order chi connectivity index (χ1) is 35.7. The number of carboxylic acid groups (broad SMARTS) is 1. The summed E-state index contributed by atoms with van der Waals surface area (Å²) in [6.07, 6.45) is -2.86. The quantitative estimate of drug-likeness (QED) is 0.0251. The van der Waals surface area contributed by atoms with Crippen molar-refractivity contribution in [1.82, 2.24) is 47.6 Å². The molecule has 25 heteroatoms. The number of aromatic nitrogens is 2. The molecular formula is C50H66N14O11. The number of hydrogen-bond acceptors (Lipinski definition) is 22. The van der Waals surface area contributed by atoms with Crippen LogP contribution in [-0.2, 0) is 51.2 Å². The second-order valence-electron chi connectivity index (χ2n) is 18.6. The number of rotatable bonds is 18. The van der Waals surface area contributed by atoms with Crippen LogP contribution in [-0.4, -0.2) is 135 Å². The molecule has 3 aromatic carbocycles. The molecule has 0 saturated carbocycles. The summed E-state index contributed by atoms with van der Waals surface area (Å²) < 4.78 is 6.21. The van der Waals surface area contributed by atoms with Crippen LogP contribution in [0.5, 0.6) is 0 Å². The Balaban J connectivity index is 1.45. The summed E-state index contributed by atoms with van der Waals surface area (Å²) in [7, 11) is 0. The molecule has 75 heavy (non-hydrogen) atoms. The average Bonchev–Trinajstić information content (AvgIpc) is 4.01. The first-order valence-corrected chi connectivity index (χ1v) is 24.5. The molecule has 4 bridgehead atoms. The summed E-state index contributed by atoms with van der Waals surface area (Å²) in [5.41, 5.74) is 43.2. The lowest BCUT2D eigenvalue weighted by molar-refractivity contribution is -0.143. The van der Waals surface area contributed by atoms with Crippen molar-refractivity contribution in [3.05, 3.63) is 89.6 Å². The van der Waals surface area contributed by atoms with Gasteiger partial charge in [0.2, 0.25) is 46.5 Å². The molecule has 4 heterocycles. The molecule has 5 aromatic rings. The van der Waals surface area contributed by atoms with Crippen LogP contribution in [0.15, 0.2) is 77.3 Å². The van der Waals surface area contributed by atoms with Gasteiger partial charge in [-0.2, -0.15) is 0 Å². The topological polar surface area (TPSA) is 433 Å². The Bertz CT molecular complexity index is 2830. The van der Waals surface area contributed by atoms with E-state index in [0.29, 0.717) is 44.3 Å². The molecule has 2 unspecified atom stereocenters. The standard InChI is InChI=1S/C50H66N14O11/c1-24-27-12-14-28(15-13-27)48-60-40-36(75-48)17-16-31-38(40)29(23-58-31)21-35(45(72)42(69)30(51)22-37(66)67)64-62-33(11-7-19-57-50(54)55)47(74)59-39(25(2)65)46(73)43(70)32(10-6-18-56-49(52)53)61-63-34(44(71)41(24)68)20-26-8-4-3-5-9-26/h3-5,8-9,12-17,23-25,30,32-35,39,49-50,56-58,61-65H,6-7,10-11,18-22,51-55H2,1-2H3,(H,59,74)(H,66,67)/t24?,25-,30+,32+,33+,34+,35?,39+/m1/s1. The highest BCUT2D eigenvalue weighted by Crippen LogP contribution is 2.33. The minimum atomic E-state index is -1.87. The van der Waals surface area contributed by atoms with Gasteiger partial charge in [-0.15, -0.1) is 0 Å². The molecule has 25 nitrogen and oxygen atoms in total. The summed E-state index contributed by atoms with van der Waals surface area (Å²) in [6.45, 7) is 3.12. The van der Waals surface area contributed by atoms with Crippen molar-refractivity contribution in [1.29, 1.82) is 0 Å².